The Labute approximate surface area is 343 Å². The van der Waals surface area contributed by atoms with E-state index in [1.165, 1.54) is 0 Å². The predicted octanol–water partition coefficient (Wildman–Crippen LogP) is 3.03. The molecule has 16 heteroatoms. The number of nitrogens with zero attached hydrogens (tertiary/aromatic N) is 1. The van der Waals surface area contributed by atoms with Gasteiger partial charge in [-0.15, -0.1) is 0 Å². The number of amides is 5. The molecule has 1 aromatic carbocycles. The molecule has 0 aromatic heterocycles. The van der Waals surface area contributed by atoms with Gasteiger partial charge in [0.15, 0.2) is 0 Å². The number of hydrogen-bond acceptors (Lipinski definition) is 11. The largest absolute Gasteiger partial charge is 0.458 e. The summed E-state index contributed by atoms with van der Waals surface area (Å²) in [6.07, 6.45) is 2.49. The number of likely N-dealkylation sites (tertiary alicyclic amines) is 1. The van der Waals surface area contributed by atoms with Gasteiger partial charge in [0.1, 0.15) is 35.9 Å². The fourth-order valence-electron chi connectivity index (χ4n) is 6.29. The number of hydrogen-bond donors (Lipinski definition) is 5. The van der Waals surface area contributed by atoms with Gasteiger partial charge in [-0.2, -0.15) is 0 Å². The molecule has 1 aromatic rings. The van der Waals surface area contributed by atoms with Crippen molar-refractivity contribution in [2.45, 2.75) is 136 Å². The number of carbonyl (C=O) groups is 6. The van der Waals surface area contributed by atoms with E-state index in [4.69, 9.17) is 18.9 Å². The highest BCUT2D eigenvalue weighted by Gasteiger charge is 2.40. The summed E-state index contributed by atoms with van der Waals surface area (Å²) in [5.41, 5.74) is 1.08. The van der Waals surface area contributed by atoms with Crippen LogP contribution >= 0.6 is 0 Å². The van der Waals surface area contributed by atoms with E-state index >= 15 is 0 Å². The average molecular weight is 815 g/mol. The van der Waals surface area contributed by atoms with Crippen molar-refractivity contribution < 1.29 is 47.7 Å². The SMILES string of the molecule is CCOCCOCCNC(=O)CCC(NC(CN1C(=O)C(NC(=O)C(Cc2ccccc2)NC(=O)CNC(=O)OC(C)(C)C)CC1C)=C1CCC1)C(=O)OC(C)(C)C. The van der Waals surface area contributed by atoms with Gasteiger partial charge in [-0.3, -0.25) is 19.2 Å². The molecule has 4 unspecified atom stereocenters. The molecule has 324 valence electrons. The number of ether oxygens (including phenoxy) is 4. The van der Waals surface area contributed by atoms with Crippen LogP contribution in [0.25, 0.3) is 0 Å². The summed E-state index contributed by atoms with van der Waals surface area (Å²) >= 11 is 0. The first kappa shape index (κ1) is 47.7. The first-order valence-electron chi connectivity index (χ1n) is 20.4. The van der Waals surface area contributed by atoms with Gasteiger partial charge in [-0.1, -0.05) is 30.3 Å². The van der Waals surface area contributed by atoms with Crippen LogP contribution in [0, 0.1) is 0 Å². The molecule has 5 N–H and O–H groups in total. The van der Waals surface area contributed by atoms with Crippen LogP contribution in [0.2, 0.25) is 0 Å². The Morgan fingerprint density at radius 3 is 2.14 bits per heavy atom. The van der Waals surface area contributed by atoms with Gasteiger partial charge in [0.25, 0.3) is 0 Å². The zero-order chi connectivity index (χ0) is 42.9. The van der Waals surface area contributed by atoms with Crippen molar-refractivity contribution in [3.63, 3.8) is 0 Å². The van der Waals surface area contributed by atoms with Crippen LogP contribution in [0.5, 0.6) is 0 Å². The standard InChI is InChI=1S/C42H66N6O10/c1-9-55-22-23-56-21-20-43-35(49)19-18-31(39(53)57-41(3,4)5)45-34(30-16-13-17-30)27-48-28(2)24-33(38(48)52)47-37(51)32(25-29-14-11-10-12-15-29)46-36(50)26-44-40(54)58-42(6,7)8/h10-12,14-15,28,31-33,45H,9,13,16-27H2,1-8H3,(H,43,49)(H,44,54)(H,46,50)(H,47,51). The fraction of sp³-hybridized carbons (Fsp3) is 0.667. The van der Waals surface area contributed by atoms with Crippen LogP contribution in [-0.2, 0) is 49.3 Å². The van der Waals surface area contributed by atoms with E-state index in [2.05, 4.69) is 26.6 Å². The summed E-state index contributed by atoms with van der Waals surface area (Å²) in [6, 6.07) is 6.12. The second kappa shape index (κ2) is 23.0. The Balaban J connectivity index is 1.68. The average Bonchev–Trinajstić information content (AvgIpc) is 3.36. The molecule has 3 rings (SSSR count). The van der Waals surface area contributed by atoms with Gasteiger partial charge in [0.2, 0.25) is 23.6 Å². The molecular weight excluding hydrogens is 748 g/mol. The number of allylic oxidation sites excluding steroid dienone is 1. The third-order valence-electron chi connectivity index (χ3n) is 9.29. The molecule has 1 aliphatic carbocycles. The Hall–Kier alpha value is -4.70. The van der Waals surface area contributed by atoms with Crippen LogP contribution in [0.1, 0.15) is 99.5 Å². The van der Waals surface area contributed by atoms with Gasteiger partial charge in [-0.25, -0.2) is 9.59 Å². The summed E-state index contributed by atoms with van der Waals surface area (Å²) < 4.78 is 21.7. The first-order chi connectivity index (χ1) is 27.3. The molecule has 58 heavy (non-hydrogen) atoms. The minimum absolute atomic E-state index is 0.0589. The highest BCUT2D eigenvalue weighted by Crippen LogP contribution is 2.30. The molecule has 4 atom stereocenters. The lowest BCUT2D eigenvalue weighted by Crippen LogP contribution is -2.54. The number of rotatable bonds is 22. The minimum atomic E-state index is -1.04. The number of esters is 1. The topological polar surface area (TPSA) is 203 Å². The Bertz CT molecular complexity index is 1570. The summed E-state index contributed by atoms with van der Waals surface area (Å²) in [6.45, 7) is 16.2. The maximum absolute atomic E-state index is 14.0. The van der Waals surface area contributed by atoms with E-state index in [1.807, 2.05) is 44.2 Å². The van der Waals surface area contributed by atoms with Crippen molar-refractivity contribution in [1.82, 2.24) is 31.5 Å². The van der Waals surface area contributed by atoms with Gasteiger partial charge in [0.05, 0.1) is 26.4 Å². The lowest BCUT2D eigenvalue weighted by molar-refractivity contribution is -0.157. The first-order valence-corrected chi connectivity index (χ1v) is 20.4. The maximum atomic E-state index is 14.0. The normalized spacial score (nSPS) is 17.7. The third-order valence-corrected chi connectivity index (χ3v) is 9.29. The molecule has 1 heterocycles. The second-order valence-electron chi connectivity index (χ2n) is 16.6. The predicted molar refractivity (Wildman–Crippen MR) is 217 cm³/mol. The number of benzene rings is 1. The molecule has 0 spiro atoms. The number of carbonyl (C=O) groups excluding carboxylic acids is 6. The highest BCUT2D eigenvalue weighted by atomic mass is 16.6. The quantitative estimate of drug-likeness (QED) is 0.0851. The van der Waals surface area contributed by atoms with Crippen LogP contribution in [0.3, 0.4) is 0 Å². The van der Waals surface area contributed by atoms with Crippen molar-refractivity contribution in [1.29, 1.82) is 0 Å². The van der Waals surface area contributed by atoms with E-state index in [0.717, 1.165) is 36.1 Å². The van der Waals surface area contributed by atoms with Crippen molar-refractivity contribution in [3.8, 4) is 0 Å². The molecule has 0 radical (unpaired) electrons. The molecule has 1 saturated carbocycles. The van der Waals surface area contributed by atoms with Crippen molar-refractivity contribution >= 4 is 35.7 Å². The van der Waals surface area contributed by atoms with Crippen LogP contribution in [-0.4, -0.2) is 122 Å². The monoisotopic (exact) mass is 814 g/mol. The molecule has 2 aliphatic rings. The Morgan fingerprint density at radius 1 is 0.845 bits per heavy atom. The Kier molecular flexibility index (Phi) is 18.9. The summed E-state index contributed by atoms with van der Waals surface area (Å²) in [5.74, 6) is -2.18. The lowest BCUT2D eigenvalue weighted by atomic mass is 9.89. The lowest BCUT2D eigenvalue weighted by Gasteiger charge is -2.32. The van der Waals surface area contributed by atoms with Gasteiger partial charge in [-0.05, 0) is 98.6 Å². The van der Waals surface area contributed by atoms with E-state index < -0.39 is 59.7 Å². The maximum Gasteiger partial charge on any atom is 0.408 e. The zero-order valence-electron chi connectivity index (χ0n) is 35.6. The van der Waals surface area contributed by atoms with E-state index in [0.29, 0.717) is 39.4 Å². The molecule has 16 nitrogen and oxygen atoms in total. The van der Waals surface area contributed by atoms with Crippen LogP contribution in [0.15, 0.2) is 41.6 Å². The molecule has 1 saturated heterocycles. The molecule has 2 fully saturated rings. The fourth-order valence-corrected chi connectivity index (χ4v) is 6.29. The highest BCUT2D eigenvalue weighted by molar-refractivity contribution is 5.94. The van der Waals surface area contributed by atoms with E-state index in [9.17, 15) is 28.8 Å². The second-order valence-corrected chi connectivity index (χ2v) is 16.6. The molecule has 5 amide bonds. The summed E-state index contributed by atoms with van der Waals surface area (Å²) in [4.78, 5) is 80.8. The summed E-state index contributed by atoms with van der Waals surface area (Å²) in [5, 5.41) is 14.2. The van der Waals surface area contributed by atoms with Gasteiger partial charge >= 0.3 is 12.1 Å². The number of alkyl carbamates (subject to hydrolysis) is 1. The van der Waals surface area contributed by atoms with Crippen molar-refractivity contribution in [2.75, 3.05) is 46.1 Å². The van der Waals surface area contributed by atoms with E-state index in [1.54, 1.807) is 46.4 Å². The number of nitrogens with one attached hydrogen (secondary N) is 5. The van der Waals surface area contributed by atoms with Gasteiger partial charge < -0.3 is 50.4 Å². The molecule has 0 bridgehead atoms. The van der Waals surface area contributed by atoms with Gasteiger partial charge in [0, 0.05) is 37.7 Å². The van der Waals surface area contributed by atoms with E-state index in [-0.39, 0.29) is 43.7 Å². The molecular formula is C42H66N6O10. The Morgan fingerprint density at radius 2 is 1.52 bits per heavy atom. The van der Waals surface area contributed by atoms with Crippen molar-refractivity contribution in [2.24, 2.45) is 0 Å². The summed E-state index contributed by atoms with van der Waals surface area (Å²) in [7, 11) is 0. The molecule has 1 aliphatic heterocycles. The van der Waals surface area contributed by atoms with Crippen molar-refractivity contribution in [3.05, 3.63) is 47.2 Å². The third kappa shape index (κ3) is 17.4. The van der Waals surface area contributed by atoms with Crippen LogP contribution < -0.4 is 26.6 Å². The zero-order valence-corrected chi connectivity index (χ0v) is 35.6. The minimum Gasteiger partial charge on any atom is -0.458 e. The van der Waals surface area contributed by atoms with Crippen LogP contribution in [0.4, 0.5) is 4.79 Å². The smallest absolute Gasteiger partial charge is 0.408 e.